The molecule has 0 aromatic carbocycles. The lowest BCUT2D eigenvalue weighted by molar-refractivity contribution is 0.431. The second-order valence-electron chi connectivity index (χ2n) is 4.47. The molecule has 2 rings (SSSR count). The van der Waals surface area contributed by atoms with Crippen LogP contribution in [0, 0.1) is 0 Å². The fraction of sp³-hybridized carbons (Fsp3) is 0.462. The Kier molecular flexibility index (Phi) is 4.16. The van der Waals surface area contributed by atoms with Crippen molar-refractivity contribution in [3.05, 3.63) is 42.9 Å². The molecule has 0 atom stereocenters. The minimum Gasteiger partial charge on any atom is -0.405 e. The molecule has 2 aromatic rings. The van der Waals surface area contributed by atoms with Crippen LogP contribution in [0.1, 0.15) is 25.3 Å². The van der Waals surface area contributed by atoms with Gasteiger partial charge in [-0.25, -0.2) is 14.0 Å². The molecular weight excluding hydrogens is 267 g/mol. The molecule has 2 heterocycles. The molecule has 0 saturated carbocycles. The first-order valence-electron chi connectivity index (χ1n) is 6.44. The number of aromatic nitrogens is 2. The van der Waals surface area contributed by atoms with Gasteiger partial charge in [-0.2, -0.15) is 0 Å². The summed E-state index contributed by atoms with van der Waals surface area (Å²) in [4.78, 5) is 37.7. The van der Waals surface area contributed by atoms with Gasteiger partial charge in [0.15, 0.2) is 0 Å². The highest BCUT2D eigenvalue weighted by Gasteiger charge is 2.14. The third-order valence-corrected chi connectivity index (χ3v) is 3.08. The Bertz CT molecular complexity index is 788. The number of fused-ring (bicyclic) bond motifs is 1. The third-order valence-electron chi connectivity index (χ3n) is 3.08. The molecule has 0 saturated heterocycles. The molecule has 0 aliphatic carbocycles. The highest BCUT2D eigenvalue weighted by molar-refractivity contribution is 5.75. The first kappa shape index (κ1) is 14.2. The number of alkyl halides is 1. The zero-order chi connectivity index (χ0) is 14.7. The van der Waals surface area contributed by atoms with E-state index in [0.29, 0.717) is 12.0 Å². The number of hydrogen-bond acceptors (Lipinski definition) is 4. The van der Waals surface area contributed by atoms with Crippen LogP contribution in [0.5, 0.6) is 0 Å². The number of halogens is 1. The standard InChI is InChI=1S/C13H15FN2O4/c1-2-3-4-8-7-9(17)20-11-10(8)12(18)16(6-5-14)13(19)15-11/h7H,2-6H2,1H3,(H,15,19). The molecule has 2 aromatic heterocycles. The number of nitrogens with one attached hydrogen (secondary N) is 1. The van der Waals surface area contributed by atoms with E-state index in [4.69, 9.17) is 4.42 Å². The normalized spacial score (nSPS) is 11.1. The molecule has 0 aliphatic rings. The van der Waals surface area contributed by atoms with Crippen molar-refractivity contribution in [3.63, 3.8) is 0 Å². The van der Waals surface area contributed by atoms with E-state index in [2.05, 4.69) is 4.98 Å². The maximum Gasteiger partial charge on any atom is 0.337 e. The molecule has 0 amide bonds. The van der Waals surface area contributed by atoms with Crippen LogP contribution < -0.4 is 16.9 Å². The average molecular weight is 282 g/mol. The number of H-pyrrole nitrogens is 1. The van der Waals surface area contributed by atoms with Crippen LogP contribution in [-0.2, 0) is 13.0 Å². The van der Waals surface area contributed by atoms with E-state index >= 15 is 0 Å². The van der Waals surface area contributed by atoms with E-state index in [0.717, 1.165) is 17.4 Å². The molecular formula is C13H15FN2O4. The monoisotopic (exact) mass is 282 g/mol. The Balaban J connectivity index is 2.79. The van der Waals surface area contributed by atoms with Crippen LogP contribution in [0.4, 0.5) is 4.39 Å². The Morgan fingerprint density at radius 2 is 2.10 bits per heavy atom. The summed E-state index contributed by atoms with van der Waals surface area (Å²) < 4.78 is 18.1. The minimum atomic E-state index is -0.824. The molecule has 1 N–H and O–H groups in total. The SMILES string of the molecule is CCCCc1cc(=O)oc2[nH]c(=O)n(CCF)c(=O)c12. The summed E-state index contributed by atoms with van der Waals surface area (Å²) in [5, 5.41) is 0.145. The Hall–Kier alpha value is -2.18. The lowest BCUT2D eigenvalue weighted by atomic mass is 10.1. The lowest BCUT2D eigenvalue weighted by Crippen LogP contribution is -2.36. The molecule has 0 spiro atoms. The molecule has 6 nitrogen and oxygen atoms in total. The first-order chi connectivity index (χ1) is 9.58. The van der Waals surface area contributed by atoms with Crippen LogP contribution in [0.2, 0.25) is 0 Å². The van der Waals surface area contributed by atoms with Crippen LogP contribution in [0.25, 0.3) is 11.1 Å². The van der Waals surface area contributed by atoms with Crippen LogP contribution in [-0.4, -0.2) is 16.2 Å². The maximum absolute atomic E-state index is 12.4. The fourth-order valence-electron chi connectivity index (χ4n) is 2.11. The van der Waals surface area contributed by atoms with Crippen molar-refractivity contribution in [2.45, 2.75) is 32.7 Å². The highest BCUT2D eigenvalue weighted by Crippen LogP contribution is 2.12. The number of aryl methyl sites for hydroxylation is 1. The number of aromatic amines is 1. The van der Waals surface area contributed by atoms with Gasteiger partial charge in [-0.15, -0.1) is 0 Å². The Labute approximate surface area is 112 Å². The summed E-state index contributed by atoms with van der Waals surface area (Å²) in [6, 6.07) is 1.25. The summed E-state index contributed by atoms with van der Waals surface area (Å²) in [5.74, 6) is 0. The first-order valence-corrected chi connectivity index (χ1v) is 6.44. The van der Waals surface area contributed by atoms with Crippen molar-refractivity contribution in [1.29, 1.82) is 0 Å². The zero-order valence-corrected chi connectivity index (χ0v) is 11.1. The van der Waals surface area contributed by atoms with E-state index < -0.39 is 23.5 Å². The quantitative estimate of drug-likeness (QED) is 0.885. The largest absolute Gasteiger partial charge is 0.405 e. The Morgan fingerprint density at radius 1 is 1.35 bits per heavy atom. The van der Waals surface area contributed by atoms with Gasteiger partial charge in [0.1, 0.15) is 12.1 Å². The second-order valence-corrected chi connectivity index (χ2v) is 4.47. The van der Waals surface area contributed by atoms with Crippen molar-refractivity contribution in [2.24, 2.45) is 0 Å². The number of hydrogen-bond donors (Lipinski definition) is 1. The summed E-state index contributed by atoms with van der Waals surface area (Å²) in [5.41, 5.74) is -1.66. The van der Waals surface area contributed by atoms with Crippen molar-refractivity contribution >= 4 is 11.1 Å². The van der Waals surface area contributed by atoms with E-state index in [1.54, 1.807) is 0 Å². The summed E-state index contributed by atoms with van der Waals surface area (Å²) in [6.45, 7) is 0.836. The van der Waals surface area contributed by atoms with Crippen LogP contribution in [0.3, 0.4) is 0 Å². The molecule has 0 unspecified atom stereocenters. The minimum absolute atomic E-state index is 0.145. The molecule has 108 valence electrons. The average Bonchev–Trinajstić information content (AvgIpc) is 2.40. The van der Waals surface area contributed by atoms with Crippen molar-refractivity contribution in [2.75, 3.05) is 6.67 Å². The molecule has 7 heteroatoms. The van der Waals surface area contributed by atoms with Gasteiger partial charge in [0, 0.05) is 6.07 Å². The topological polar surface area (TPSA) is 85.1 Å². The molecule has 0 bridgehead atoms. The van der Waals surface area contributed by atoms with Gasteiger partial charge < -0.3 is 4.42 Å². The predicted molar refractivity (Wildman–Crippen MR) is 72.0 cm³/mol. The smallest absolute Gasteiger partial charge is 0.337 e. The molecule has 0 fully saturated rings. The molecule has 0 aliphatic heterocycles. The van der Waals surface area contributed by atoms with Gasteiger partial charge in [0.2, 0.25) is 5.71 Å². The zero-order valence-electron chi connectivity index (χ0n) is 11.1. The Morgan fingerprint density at radius 3 is 2.75 bits per heavy atom. The summed E-state index contributed by atoms with van der Waals surface area (Å²) in [7, 11) is 0. The van der Waals surface area contributed by atoms with Crippen LogP contribution in [0.15, 0.2) is 24.9 Å². The van der Waals surface area contributed by atoms with Gasteiger partial charge in [-0.05, 0) is 18.4 Å². The van der Waals surface area contributed by atoms with E-state index in [-0.39, 0.29) is 17.6 Å². The third kappa shape index (κ3) is 2.56. The lowest BCUT2D eigenvalue weighted by Gasteiger charge is -2.06. The van der Waals surface area contributed by atoms with E-state index in [9.17, 15) is 18.8 Å². The van der Waals surface area contributed by atoms with Crippen molar-refractivity contribution in [3.8, 4) is 0 Å². The predicted octanol–water partition coefficient (Wildman–Crippen LogP) is 0.955. The van der Waals surface area contributed by atoms with Gasteiger partial charge >= 0.3 is 11.3 Å². The van der Waals surface area contributed by atoms with E-state index in [1.807, 2.05) is 6.92 Å². The van der Waals surface area contributed by atoms with Gasteiger partial charge in [-0.1, -0.05) is 13.3 Å². The maximum atomic E-state index is 12.4. The summed E-state index contributed by atoms with van der Waals surface area (Å²) >= 11 is 0. The number of unbranched alkanes of at least 4 members (excludes halogenated alkanes) is 1. The molecule has 0 radical (unpaired) electrons. The van der Waals surface area contributed by atoms with Crippen molar-refractivity contribution < 1.29 is 8.81 Å². The van der Waals surface area contributed by atoms with Crippen LogP contribution >= 0.6 is 0 Å². The second kappa shape index (κ2) is 5.85. The number of nitrogens with zero attached hydrogens (tertiary/aromatic N) is 1. The molecule has 20 heavy (non-hydrogen) atoms. The van der Waals surface area contributed by atoms with Crippen molar-refractivity contribution in [1.82, 2.24) is 9.55 Å². The van der Waals surface area contributed by atoms with E-state index in [1.165, 1.54) is 6.07 Å². The van der Waals surface area contributed by atoms with Gasteiger partial charge in [-0.3, -0.25) is 14.3 Å². The number of rotatable bonds is 5. The van der Waals surface area contributed by atoms with Gasteiger partial charge in [0.05, 0.1) is 6.54 Å². The highest BCUT2D eigenvalue weighted by atomic mass is 19.1. The van der Waals surface area contributed by atoms with Gasteiger partial charge in [0.25, 0.3) is 5.56 Å². The fourth-order valence-corrected chi connectivity index (χ4v) is 2.11. The summed E-state index contributed by atoms with van der Waals surface area (Å²) in [6.07, 6.45) is 2.21.